The molecule has 0 aromatic heterocycles. The van der Waals surface area contributed by atoms with E-state index >= 15 is 0 Å². The highest BCUT2D eigenvalue weighted by atomic mass is 16.3. The van der Waals surface area contributed by atoms with Crippen LogP contribution in [0.1, 0.15) is 34.5 Å². The van der Waals surface area contributed by atoms with Crippen molar-refractivity contribution < 1.29 is 11.3 Å². The molecule has 1 heterocycles. The predicted molar refractivity (Wildman–Crippen MR) is 76.7 cm³/mol. The van der Waals surface area contributed by atoms with Crippen LogP contribution >= 0.6 is 0 Å². The smallest absolute Gasteiger partial charge is 0.220 e. The topological polar surface area (TPSA) is 64.6 Å². The second-order valence-corrected chi connectivity index (χ2v) is 4.12. The molecule has 5 nitrogen and oxygen atoms in total. The van der Waals surface area contributed by atoms with Crippen LogP contribution in [0, 0.1) is 0 Å². The van der Waals surface area contributed by atoms with Crippen LogP contribution in [0.4, 0.5) is 0 Å². The summed E-state index contributed by atoms with van der Waals surface area (Å²) in [6.07, 6.45) is 2.16. The van der Waals surface area contributed by atoms with Crippen LogP contribution in [0.2, 0.25) is 0 Å². The first-order valence-corrected chi connectivity index (χ1v) is 7.13. The molecule has 1 saturated heterocycles. The van der Waals surface area contributed by atoms with E-state index < -0.39 is 0 Å². The SMILES string of the molecule is CC.O=C(CCCN1CCNCC1)NCCCO.[HH]. The summed E-state index contributed by atoms with van der Waals surface area (Å²) in [6.45, 7) is 10.0. The molecule has 3 N–H and O–H groups in total. The number of rotatable bonds is 7. The first-order chi connectivity index (χ1) is 8.83. The van der Waals surface area contributed by atoms with Crippen LogP contribution in [0.5, 0.6) is 0 Å². The molecule has 1 amide bonds. The Morgan fingerprint density at radius 1 is 1.33 bits per heavy atom. The zero-order valence-corrected chi connectivity index (χ0v) is 11.9. The maximum absolute atomic E-state index is 11.3. The fourth-order valence-corrected chi connectivity index (χ4v) is 1.79. The maximum Gasteiger partial charge on any atom is 0.220 e. The van der Waals surface area contributed by atoms with Crippen molar-refractivity contribution in [2.24, 2.45) is 0 Å². The molecule has 18 heavy (non-hydrogen) atoms. The molecule has 0 aromatic carbocycles. The molecule has 5 heteroatoms. The quantitative estimate of drug-likeness (QED) is 0.582. The van der Waals surface area contributed by atoms with Gasteiger partial charge in [-0.25, -0.2) is 0 Å². The van der Waals surface area contributed by atoms with Crippen LogP contribution in [-0.4, -0.2) is 61.8 Å². The van der Waals surface area contributed by atoms with Crippen molar-refractivity contribution in [3.8, 4) is 0 Å². The minimum absolute atomic E-state index is 0. The van der Waals surface area contributed by atoms with Crippen molar-refractivity contribution in [2.75, 3.05) is 45.9 Å². The van der Waals surface area contributed by atoms with E-state index in [-0.39, 0.29) is 13.9 Å². The number of amides is 1. The van der Waals surface area contributed by atoms with E-state index in [0.717, 1.165) is 39.1 Å². The van der Waals surface area contributed by atoms with Crippen LogP contribution < -0.4 is 10.6 Å². The highest BCUT2D eigenvalue weighted by Gasteiger charge is 2.09. The molecule has 0 bridgehead atoms. The number of carbonyl (C=O) groups excluding carboxylic acids is 1. The zero-order valence-electron chi connectivity index (χ0n) is 11.9. The van der Waals surface area contributed by atoms with Gasteiger partial charge < -0.3 is 20.6 Å². The molecule has 1 aliphatic rings. The summed E-state index contributed by atoms with van der Waals surface area (Å²) in [5, 5.41) is 14.7. The molecule has 110 valence electrons. The average molecular weight is 261 g/mol. The average Bonchev–Trinajstić information content (AvgIpc) is 2.42. The Balaban J connectivity index is 0. The Bertz CT molecular complexity index is 200. The molecule has 0 radical (unpaired) electrons. The van der Waals surface area contributed by atoms with Crippen molar-refractivity contribution in [3.63, 3.8) is 0 Å². The minimum Gasteiger partial charge on any atom is -0.396 e. The van der Waals surface area contributed by atoms with E-state index in [0.29, 0.717) is 19.4 Å². The summed E-state index contributed by atoms with van der Waals surface area (Å²) < 4.78 is 0. The second kappa shape index (κ2) is 12.8. The molecule has 0 aromatic rings. The minimum atomic E-state index is 0. The van der Waals surface area contributed by atoms with E-state index in [4.69, 9.17) is 5.11 Å². The lowest BCUT2D eigenvalue weighted by atomic mass is 10.2. The Hall–Kier alpha value is -0.650. The fourth-order valence-electron chi connectivity index (χ4n) is 1.79. The Morgan fingerprint density at radius 2 is 2.00 bits per heavy atom. The predicted octanol–water partition coefficient (Wildman–Crippen LogP) is 0.443. The number of hydrogen-bond acceptors (Lipinski definition) is 4. The molecule has 0 aliphatic carbocycles. The Labute approximate surface area is 112 Å². The van der Waals surface area contributed by atoms with Crippen LogP contribution in [0.3, 0.4) is 0 Å². The summed E-state index contributed by atoms with van der Waals surface area (Å²) in [5.74, 6) is 0.101. The molecular formula is C13H31N3O2. The number of aliphatic hydroxyl groups excluding tert-OH is 1. The Morgan fingerprint density at radius 3 is 2.61 bits per heavy atom. The van der Waals surface area contributed by atoms with E-state index in [1.807, 2.05) is 13.8 Å². The lowest BCUT2D eigenvalue weighted by molar-refractivity contribution is -0.121. The molecule has 1 rings (SSSR count). The van der Waals surface area contributed by atoms with Crippen molar-refractivity contribution in [2.45, 2.75) is 33.1 Å². The number of hydrogen-bond donors (Lipinski definition) is 3. The van der Waals surface area contributed by atoms with E-state index in [2.05, 4.69) is 15.5 Å². The van der Waals surface area contributed by atoms with Gasteiger partial charge >= 0.3 is 0 Å². The number of aliphatic hydroxyl groups is 1. The first kappa shape index (κ1) is 17.4. The number of nitrogens with one attached hydrogen (secondary N) is 2. The summed E-state index contributed by atoms with van der Waals surface area (Å²) in [5.41, 5.74) is 0. The largest absolute Gasteiger partial charge is 0.396 e. The van der Waals surface area contributed by atoms with Crippen molar-refractivity contribution in [1.82, 2.24) is 15.5 Å². The van der Waals surface area contributed by atoms with Gasteiger partial charge in [-0.15, -0.1) is 0 Å². The van der Waals surface area contributed by atoms with Gasteiger partial charge in [-0.2, -0.15) is 0 Å². The van der Waals surface area contributed by atoms with Crippen LogP contribution in [0.15, 0.2) is 0 Å². The third-order valence-electron chi connectivity index (χ3n) is 2.74. The molecule has 0 saturated carbocycles. The second-order valence-electron chi connectivity index (χ2n) is 4.12. The van der Waals surface area contributed by atoms with Gasteiger partial charge in [0, 0.05) is 47.2 Å². The molecule has 0 atom stereocenters. The maximum atomic E-state index is 11.3. The van der Waals surface area contributed by atoms with Gasteiger partial charge in [0.05, 0.1) is 0 Å². The molecule has 0 unspecified atom stereocenters. The summed E-state index contributed by atoms with van der Waals surface area (Å²) in [7, 11) is 0. The summed E-state index contributed by atoms with van der Waals surface area (Å²) in [4.78, 5) is 13.7. The van der Waals surface area contributed by atoms with Gasteiger partial charge in [-0.1, -0.05) is 13.8 Å². The highest BCUT2D eigenvalue weighted by Crippen LogP contribution is 1.97. The van der Waals surface area contributed by atoms with Crippen molar-refractivity contribution in [3.05, 3.63) is 0 Å². The van der Waals surface area contributed by atoms with Crippen molar-refractivity contribution >= 4 is 5.91 Å². The van der Waals surface area contributed by atoms with Gasteiger partial charge in [0.25, 0.3) is 0 Å². The third-order valence-corrected chi connectivity index (χ3v) is 2.74. The zero-order chi connectivity index (χ0) is 13.6. The van der Waals surface area contributed by atoms with Gasteiger partial charge in [0.15, 0.2) is 0 Å². The Kier molecular flexibility index (Phi) is 12.3. The molecule has 1 aliphatic heterocycles. The van der Waals surface area contributed by atoms with Gasteiger partial charge in [-0.05, 0) is 19.4 Å². The molecule has 1 fully saturated rings. The van der Waals surface area contributed by atoms with Gasteiger partial charge in [-0.3, -0.25) is 4.79 Å². The summed E-state index contributed by atoms with van der Waals surface area (Å²) in [6, 6.07) is 0. The van der Waals surface area contributed by atoms with E-state index in [1.54, 1.807) is 0 Å². The lowest BCUT2D eigenvalue weighted by Crippen LogP contribution is -2.43. The van der Waals surface area contributed by atoms with Crippen molar-refractivity contribution in [1.29, 1.82) is 0 Å². The first-order valence-electron chi connectivity index (χ1n) is 7.13. The lowest BCUT2D eigenvalue weighted by Gasteiger charge is -2.26. The fraction of sp³-hybridized carbons (Fsp3) is 0.923. The number of nitrogens with zero attached hydrogens (tertiary/aromatic N) is 1. The van der Waals surface area contributed by atoms with Gasteiger partial charge in [0.2, 0.25) is 5.91 Å². The van der Waals surface area contributed by atoms with Crippen LogP contribution in [0.25, 0.3) is 0 Å². The number of carbonyl (C=O) groups is 1. The highest BCUT2D eigenvalue weighted by molar-refractivity contribution is 5.75. The summed E-state index contributed by atoms with van der Waals surface area (Å²) >= 11 is 0. The molecule has 0 spiro atoms. The normalized spacial score (nSPS) is 15.7. The number of piperazine rings is 1. The van der Waals surface area contributed by atoms with E-state index in [1.165, 1.54) is 0 Å². The molecular weight excluding hydrogens is 230 g/mol. The van der Waals surface area contributed by atoms with E-state index in [9.17, 15) is 4.79 Å². The standard InChI is InChI=1S/C11H23N3O2.C2H6.H2/c15-10-2-4-13-11(16)3-1-7-14-8-5-12-6-9-14;1-2;/h12,15H,1-10H2,(H,13,16);1-2H3;1H. The monoisotopic (exact) mass is 261 g/mol. The third kappa shape index (κ3) is 9.39. The van der Waals surface area contributed by atoms with Crippen LogP contribution in [-0.2, 0) is 4.79 Å². The van der Waals surface area contributed by atoms with Gasteiger partial charge in [0.1, 0.15) is 0 Å².